The second-order valence-electron chi connectivity index (χ2n) is 5.62. The van der Waals surface area contributed by atoms with E-state index in [1.54, 1.807) is 30.5 Å². The van der Waals surface area contributed by atoms with Crippen molar-refractivity contribution in [2.45, 2.75) is 26.3 Å². The van der Waals surface area contributed by atoms with Gasteiger partial charge in [0.15, 0.2) is 5.69 Å². The van der Waals surface area contributed by atoms with Crippen LogP contribution in [0.1, 0.15) is 30.8 Å². The highest BCUT2D eigenvalue weighted by Gasteiger charge is 2.22. The molecule has 0 aliphatic heterocycles. The summed E-state index contributed by atoms with van der Waals surface area (Å²) in [4.78, 5) is 23.4. The highest BCUT2D eigenvalue weighted by molar-refractivity contribution is 6.30. The highest BCUT2D eigenvalue weighted by atomic mass is 35.5. The van der Waals surface area contributed by atoms with E-state index < -0.39 is 17.9 Å². The van der Waals surface area contributed by atoms with Gasteiger partial charge < -0.3 is 10.4 Å². The number of aliphatic carboxylic acids is 1. The fraction of sp³-hybridized carbons (Fsp3) is 0.312. The van der Waals surface area contributed by atoms with Gasteiger partial charge in [0.1, 0.15) is 6.04 Å². The predicted octanol–water partition coefficient (Wildman–Crippen LogP) is 2.75. The van der Waals surface area contributed by atoms with E-state index in [9.17, 15) is 14.7 Å². The molecule has 0 fully saturated rings. The Bertz CT molecular complexity index is 695. The van der Waals surface area contributed by atoms with Crippen LogP contribution in [0.2, 0.25) is 5.02 Å². The smallest absolute Gasteiger partial charge is 0.326 e. The summed E-state index contributed by atoms with van der Waals surface area (Å²) in [6.45, 7) is 3.80. The van der Waals surface area contributed by atoms with Gasteiger partial charge in [0.2, 0.25) is 0 Å². The third kappa shape index (κ3) is 4.56. The number of hydrogen-bond acceptors (Lipinski definition) is 3. The number of amides is 1. The minimum absolute atomic E-state index is 0.156. The first-order valence-electron chi connectivity index (χ1n) is 7.22. The van der Waals surface area contributed by atoms with Crippen LogP contribution in [0.5, 0.6) is 0 Å². The zero-order valence-electron chi connectivity index (χ0n) is 12.9. The summed E-state index contributed by atoms with van der Waals surface area (Å²) in [5.41, 5.74) is 0.917. The van der Waals surface area contributed by atoms with E-state index >= 15 is 0 Å². The van der Waals surface area contributed by atoms with Crippen LogP contribution >= 0.6 is 11.6 Å². The molecule has 0 saturated carbocycles. The zero-order chi connectivity index (χ0) is 17.0. The Balaban J connectivity index is 2.11. The van der Waals surface area contributed by atoms with Crippen molar-refractivity contribution in [1.82, 2.24) is 15.1 Å². The van der Waals surface area contributed by atoms with Crippen molar-refractivity contribution >= 4 is 23.5 Å². The van der Waals surface area contributed by atoms with E-state index in [1.165, 1.54) is 10.7 Å². The van der Waals surface area contributed by atoms with Crippen LogP contribution < -0.4 is 5.32 Å². The Kier molecular flexibility index (Phi) is 5.39. The number of rotatable bonds is 6. The molecule has 6 nitrogen and oxygen atoms in total. The van der Waals surface area contributed by atoms with E-state index in [0.29, 0.717) is 11.4 Å². The van der Waals surface area contributed by atoms with Gasteiger partial charge in [-0.05, 0) is 42.7 Å². The molecule has 2 aromatic rings. The summed E-state index contributed by atoms with van der Waals surface area (Å²) in [6.07, 6.45) is 2.00. The van der Waals surface area contributed by atoms with Crippen molar-refractivity contribution in [1.29, 1.82) is 0 Å². The van der Waals surface area contributed by atoms with Crippen LogP contribution in [0.15, 0.2) is 36.5 Å². The Morgan fingerprint density at radius 1 is 1.26 bits per heavy atom. The fourth-order valence-electron chi connectivity index (χ4n) is 2.11. The van der Waals surface area contributed by atoms with E-state index in [0.717, 1.165) is 5.69 Å². The van der Waals surface area contributed by atoms with Crippen molar-refractivity contribution in [3.8, 4) is 5.69 Å². The Hall–Kier alpha value is -2.34. The van der Waals surface area contributed by atoms with Gasteiger partial charge in [0, 0.05) is 11.2 Å². The molecule has 1 atom stereocenters. The maximum atomic E-state index is 12.2. The molecule has 1 aromatic carbocycles. The molecule has 0 spiro atoms. The van der Waals surface area contributed by atoms with Gasteiger partial charge >= 0.3 is 5.97 Å². The van der Waals surface area contributed by atoms with Crippen molar-refractivity contribution in [3.05, 3.63) is 47.2 Å². The molecule has 23 heavy (non-hydrogen) atoms. The molecule has 2 N–H and O–H groups in total. The summed E-state index contributed by atoms with van der Waals surface area (Å²) in [6, 6.07) is 7.61. The highest BCUT2D eigenvalue weighted by Crippen LogP contribution is 2.13. The second kappa shape index (κ2) is 7.28. The lowest BCUT2D eigenvalue weighted by atomic mass is 10.0. The van der Waals surface area contributed by atoms with E-state index in [2.05, 4.69) is 10.4 Å². The number of halogens is 1. The molecule has 122 valence electrons. The minimum atomic E-state index is -1.05. The third-order valence-corrected chi connectivity index (χ3v) is 3.48. The van der Waals surface area contributed by atoms with Gasteiger partial charge in [-0.3, -0.25) is 4.79 Å². The third-order valence-electron chi connectivity index (χ3n) is 3.22. The Morgan fingerprint density at radius 2 is 1.91 bits per heavy atom. The Morgan fingerprint density at radius 3 is 2.48 bits per heavy atom. The molecule has 0 bridgehead atoms. The minimum Gasteiger partial charge on any atom is -0.480 e. The summed E-state index contributed by atoms with van der Waals surface area (Å²) >= 11 is 5.83. The van der Waals surface area contributed by atoms with Crippen molar-refractivity contribution in [2.24, 2.45) is 5.92 Å². The van der Waals surface area contributed by atoms with Gasteiger partial charge in [-0.1, -0.05) is 25.4 Å². The van der Waals surface area contributed by atoms with E-state index in [4.69, 9.17) is 11.6 Å². The van der Waals surface area contributed by atoms with Crippen molar-refractivity contribution < 1.29 is 14.7 Å². The molecular weight excluding hydrogens is 318 g/mol. The first-order valence-corrected chi connectivity index (χ1v) is 7.60. The van der Waals surface area contributed by atoms with Crippen LogP contribution in [0.3, 0.4) is 0 Å². The van der Waals surface area contributed by atoms with Gasteiger partial charge in [-0.15, -0.1) is 0 Å². The number of carboxylic acid groups (broad SMARTS) is 1. The topological polar surface area (TPSA) is 84.2 Å². The number of benzene rings is 1. The number of carboxylic acids is 1. The molecule has 1 amide bonds. The number of carbonyl (C=O) groups excluding carboxylic acids is 1. The first-order chi connectivity index (χ1) is 10.9. The van der Waals surface area contributed by atoms with Crippen LogP contribution in [-0.4, -0.2) is 32.8 Å². The second-order valence-corrected chi connectivity index (χ2v) is 6.05. The maximum absolute atomic E-state index is 12.2. The van der Waals surface area contributed by atoms with Gasteiger partial charge in [-0.25, -0.2) is 9.48 Å². The van der Waals surface area contributed by atoms with E-state index in [1.807, 2.05) is 13.8 Å². The summed E-state index contributed by atoms with van der Waals surface area (Å²) in [5.74, 6) is -1.40. The van der Waals surface area contributed by atoms with E-state index in [-0.39, 0.29) is 11.6 Å². The lowest BCUT2D eigenvalue weighted by molar-refractivity contribution is -0.139. The van der Waals surface area contributed by atoms with Gasteiger partial charge in [-0.2, -0.15) is 5.10 Å². The number of aromatic nitrogens is 2. The van der Waals surface area contributed by atoms with Gasteiger partial charge in [0.05, 0.1) is 5.69 Å². The SMILES string of the molecule is CC(C)C[C@@H](NC(=O)c1ccn(-c2ccc(Cl)cc2)n1)C(=O)O. The summed E-state index contributed by atoms with van der Waals surface area (Å²) < 4.78 is 1.53. The predicted molar refractivity (Wildman–Crippen MR) is 86.9 cm³/mol. The quantitative estimate of drug-likeness (QED) is 0.850. The molecule has 0 radical (unpaired) electrons. The van der Waals surface area contributed by atoms with Crippen LogP contribution in [-0.2, 0) is 4.79 Å². The van der Waals surface area contributed by atoms with Crippen molar-refractivity contribution in [3.63, 3.8) is 0 Å². The molecule has 0 aliphatic rings. The lowest BCUT2D eigenvalue weighted by Gasteiger charge is -2.15. The standard InChI is InChI=1S/C16H18ClN3O3/c1-10(2)9-14(16(22)23)18-15(21)13-7-8-20(19-13)12-5-3-11(17)4-6-12/h3-8,10,14H,9H2,1-2H3,(H,18,21)(H,22,23)/t14-/m1/s1. The molecule has 0 unspecified atom stereocenters. The monoisotopic (exact) mass is 335 g/mol. The number of nitrogens with one attached hydrogen (secondary N) is 1. The molecule has 0 saturated heterocycles. The number of nitrogens with zero attached hydrogens (tertiary/aromatic N) is 2. The summed E-state index contributed by atoms with van der Waals surface area (Å²) in [7, 11) is 0. The normalized spacial score (nSPS) is 12.2. The van der Waals surface area contributed by atoms with Gasteiger partial charge in [0.25, 0.3) is 5.91 Å². The number of hydrogen-bond donors (Lipinski definition) is 2. The lowest BCUT2D eigenvalue weighted by Crippen LogP contribution is -2.41. The average molecular weight is 336 g/mol. The zero-order valence-corrected chi connectivity index (χ0v) is 13.6. The molecule has 1 aromatic heterocycles. The van der Waals surface area contributed by atoms with Crippen molar-refractivity contribution in [2.75, 3.05) is 0 Å². The largest absolute Gasteiger partial charge is 0.480 e. The average Bonchev–Trinajstić information content (AvgIpc) is 2.96. The summed E-state index contributed by atoms with van der Waals surface area (Å²) in [5, 5.41) is 16.5. The van der Waals surface area contributed by atoms with Crippen LogP contribution in [0.25, 0.3) is 5.69 Å². The van der Waals surface area contributed by atoms with Crippen LogP contribution in [0, 0.1) is 5.92 Å². The van der Waals surface area contributed by atoms with Crippen LogP contribution in [0.4, 0.5) is 0 Å². The maximum Gasteiger partial charge on any atom is 0.326 e. The Labute approximate surface area is 139 Å². The molecule has 2 rings (SSSR count). The molecule has 0 aliphatic carbocycles. The molecule has 1 heterocycles. The number of carbonyl (C=O) groups is 2. The molecular formula is C16H18ClN3O3. The fourth-order valence-corrected chi connectivity index (χ4v) is 2.23. The first kappa shape index (κ1) is 17.0. The molecule has 7 heteroatoms.